The van der Waals surface area contributed by atoms with Gasteiger partial charge in [-0.2, -0.15) is 5.10 Å². The Balaban J connectivity index is 1.73. The third kappa shape index (κ3) is 3.95. The van der Waals surface area contributed by atoms with Crippen LogP contribution in [0.4, 0.5) is 5.69 Å². The molecule has 30 heavy (non-hydrogen) atoms. The molecule has 1 aromatic carbocycles. The Morgan fingerprint density at radius 3 is 2.93 bits per heavy atom. The molecule has 0 radical (unpaired) electrons. The van der Waals surface area contributed by atoms with Crippen molar-refractivity contribution in [1.82, 2.24) is 15.1 Å². The molecule has 1 saturated heterocycles. The number of carbonyl (C=O) groups excluding carboxylic acids is 1. The van der Waals surface area contributed by atoms with Crippen LogP contribution in [0, 0.1) is 0 Å². The maximum Gasteiger partial charge on any atom is 0.256 e. The molecule has 0 unspecified atom stereocenters. The molecular weight excluding hydrogens is 408 g/mol. The lowest BCUT2D eigenvalue weighted by atomic mass is 10.1. The molecule has 2 aliphatic heterocycles. The molecule has 0 bridgehead atoms. The highest BCUT2D eigenvalue weighted by Crippen LogP contribution is 2.37. The Morgan fingerprint density at radius 2 is 2.30 bits per heavy atom. The van der Waals surface area contributed by atoms with Crippen molar-refractivity contribution in [2.24, 2.45) is 10.7 Å². The second-order valence-corrected chi connectivity index (χ2v) is 7.11. The van der Waals surface area contributed by atoms with Gasteiger partial charge >= 0.3 is 0 Å². The number of nitrogens with one attached hydrogen (secondary N) is 2. The highest BCUT2D eigenvalue weighted by atomic mass is 35.5. The Hall–Kier alpha value is -3.14. The SMILES string of the molecule is COc1ccc(Cl)cc1-c1nn(C2COC2)cc1NC(=O)/C(CN)=C1\N=CC=CN1. The monoisotopic (exact) mass is 428 g/mol. The number of ether oxygens (including phenoxy) is 2. The zero-order valence-electron chi connectivity index (χ0n) is 16.3. The van der Waals surface area contributed by atoms with Crippen molar-refractivity contribution in [2.75, 3.05) is 32.2 Å². The second kappa shape index (κ2) is 8.70. The first kappa shape index (κ1) is 20.1. The topological polar surface area (TPSA) is 116 Å². The fourth-order valence-electron chi connectivity index (χ4n) is 3.09. The average molecular weight is 429 g/mol. The van der Waals surface area contributed by atoms with Crippen LogP contribution in [-0.4, -0.2) is 48.8 Å². The minimum absolute atomic E-state index is 0.0137. The molecule has 1 amide bonds. The van der Waals surface area contributed by atoms with Gasteiger partial charge in [0.15, 0.2) is 0 Å². The molecule has 2 aliphatic rings. The molecular formula is C20H21ClN6O3. The van der Waals surface area contributed by atoms with Crippen molar-refractivity contribution < 1.29 is 14.3 Å². The molecule has 4 N–H and O–H groups in total. The van der Waals surface area contributed by atoms with E-state index in [4.69, 9.17) is 26.8 Å². The third-order valence-electron chi connectivity index (χ3n) is 4.76. The summed E-state index contributed by atoms with van der Waals surface area (Å²) in [5.74, 6) is 0.615. The van der Waals surface area contributed by atoms with Crippen molar-refractivity contribution in [2.45, 2.75) is 6.04 Å². The van der Waals surface area contributed by atoms with Crippen molar-refractivity contribution in [1.29, 1.82) is 0 Å². The second-order valence-electron chi connectivity index (χ2n) is 6.67. The van der Waals surface area contributed by atoms with Crippen LogP contribution in [0.15, 0.2) is 53.1 Å². The number of allylic oxidation sites excluding steroid dienone is 1. The van der Waals surface area contributed by atoms with Gasteiger partial charge in [0.2, 0.25) is 0 Å². The lowest BCUT2D eigenvalue weighted by molar-refractivity contribution is -0.112. The maximum atomic E-state index is 13.0. The van der Waals surface area contributed by atoms with Crippen LogP contribution in [-0.2, 0) is 9.53 Å². The number of benzene rings is 1. The van der Waals surface area contributed by atoms with Crippen LogP contribution in [0.25, 0.3) is 11.3 Å². The summed E-state index contributed by atoms with van der Waals surface area (Å²) >= 11 is 6.21. The Labute approximate surface area is 178 Å². The van der Waals surface area contributed by atoms with Crippen molar-refractivity contribution >= 4 is 29.4 Å². The molecule has 4 rings (SSSR count). The van der Waals surface area contributed by atoms with Crippen LogP contribution < -0.4 is 21.1 Å². The number of aromatic nitrogens is 2. The van der Waals surface area contributed by atoms with Gasteiger partial charge in [0, 0.05) is 35.7 Å². The number of methoxy groups -OCH3 is 1. The van der Waals surface area contributed by atoms with Gasteiger partial charge < -0.3 is 25.8 Å². The van der Waals surface area contributed by atoms with Crippen molar-refractivity contribution in [3.05, 3.63) is 53.1 Å². The normalized spacial score (nSPS) is 17.3. The molecule has 0 saturated carbocycles. The number of nitrogens with zero attached hydrogens (tertiary/aromatic N) is 3. The van der Waals surface area contributed by atoms with Gasteiger partial charge in [0.25, 0.3) is 5.91 Å². The fourth-order valence-corrected chi connectivity index (χ4v) is 3.27. The summed E-state index contributed by atoms with van der Waals surface area (Å²) in [5, 5.41) is 11.1. The summed E-state index contributed by atoms with van der Waals surface area (Å²) < 4.78 is 12.5. The van der Waals surface area contributed by atoms with Crippen LogP contribution >= 0.6 is 11.6 Å². The molecule has 2 aromatic rings. The van der Waals surface area contributed by atoms with E-state index < -0.39 is 0 Å². The van der Waals surface area contributed by atoms with E-state index in [1.54, 1.807) is 54.7 Å². The smallest absolute Gasteiger partial charge is 0.256 e. The number of hydrogen-bond donors (Lipinski definition) is 3. The number of halogens is 1. The molecule has 0 spiro atoms. The van der Waals surface area contributed by atoms with Crippen molar-refractivity contribution in [3.8, 4) is 17.0 Å². The third-order valence-corrected chi connectivity index (χ3v) is 5.00. The van der Waals surface area contributed by atoms with E-state index in [0.29, 0.717) is 52.3 Å². The zero-order valence-corrected chi connectivity index (χ0v) is 17.0. The molecule has 3 heterocycles. The molecule has 10 heteroatoms. The van der Waals surface area contributed by atoms with Crippen LogP contribution in [0.5, 0.6) is 5.75 Å². The summed E-state index contributed by atoms with van der Waals surface area (Å²) in [6.07, 6.45) is 6.77. The average Bonchev–Trinajstić information content (AvgIpc) is 3.10. The first-order valence-corrected chi connectivity index (χ1v) is 9.69. The molecule has 156 valence electrons. The quantitative estimate of drug-likeness (QED) is 0.606. The summed E-state index contributed by atoms with van der Waals surface area (Å²) in [5.41, 5.74) is 7.86. The number of anilines is 1. The predicted molar refractivity (Wildman–Crippen MR) is 115 cm³/mol. The molecule has 1 fully saturated rings. The highest BCUT2D eigenvalue weighted by molar-refractivity contribution is 6.31. The first-order chi connectivity index (χ1) is 14.6. The summed E-state index contributed by atoms with van der Waals surface area (Å²) in [4.78, 5) is 17.2. The lowest BCUT2D eigenvalue weighted by Gasteiger charge is -2.25. The lowest BCUT2D eigenvalue weighted by Crippen LogP contribution is -2.31. The van der Waals surface area contributed by atoms with Gasteiger partial charge in [-0.1, -0.05) is 11.6 Å². The number of rotatable bonds is 6. The summed E-state index contributed by atoms with van der Waals surface area (Å²) in [7, 11) is 1.57. The van der Waals surface area contributed by atoms with Gasteiger partial charge in [-0.15, -0.1) is 0 Å². The Kier molecular flexibility index (Phi) is 5.84. The van der Waals surface area contributed by atoms with Gasteiger partial charge in [-0.3, -0.25) is 9.48 Å². The van der Waals surface area contributed by atoms with E-state index in [1.165, 1.54) is 0 Å². The van der Waals surface area contributed by atoms with E-state index >= 15 is 0 Å². The number of amides is 1. The van der Waals surface area contributed by atoms with Crippen LogP contribution in [0.3, 0.4) is 0 Å². The van der Waals surface area contributed by atoms with Crippen molar-refractivity contribution in [3.63, 3.8) is 0 Å². The van der Waals surface area contributed by atoms with Crippen LogP contribution in [0.1, 0.15) is 6.04 Å². The van der Waals surface area contributed by atoms with Gasteiger partial charge in [-0.05, 0) is 24.3 Å². The Morgan fingerprint density at radius 1 is 1.47 bits per heavy atom. The summed E-state index contributed by atoms with van der Waals surface area (Å²) in [6.45, 7) is 1.13. The van der Waals surface area contributed by atoms with E-state index in [2.05, 4.69) is 20.7 Å². The number of carbonyl (C=O) groups is 1. The number of hydrogen-bond acceptors (Lipinski definition) is 7. The zero-order chi connectivity index (χ0) is 21.1. The molecule has 9 nitrogen and oxygen atoms in total. The number of aliphatic imine (C=N–C) groups is 1. The van der Waals surface area contributed by atoms with Gasteiger partial charge in [0.05, 0.1) is 37.6 Å². The first-order valence-electron chi connectivity index (χ1n) is 9.31. The standard InChI is InChI=1S/C20H21ClN6O3/c1-29-17-4-3-12(21)7-14(17)18-16(9-27(26-18)13-10-30-11-13)25-20(28)15(8-22)19-23-5-2-6-24-19/h2-7,9,13,23H,8,10-11,22H2,1H3,(H,25,28)/b19-15-. The maximum absolute atomic E-state index is 13.0. The van der Waals surface area contributed by atoms with Gasteiger partial charge in [-0.25, -0.2) is 4.99 Å². The molecule has 0 atom stereocenters. The van der Waals surface area contributed by atoms with Crippen LogP contribution in [0.2, 0.25) is 5.02 Å². The van der Waals surface area contributed by atoms with E-state index in [-0.39, 0.29) is 18.5 Å². The predicted octanol–water partition coefficient (Wildman–Crippen LogP) is 2.08. The number of nitrogens with two attached hydrogens (primary N) is 1. The largest absolute Gasteiger partial charge is 0.496 e. The van der Waals surface area contributed by atoms with E-state index in [1.807, 2.05) is 0 Å². The minimum Gasteiger partial charge on any atom is -0.496 e. The highest BCUT2D eigenvalue weighted by Gasteiger charge is 2.26. The van der Waals surface area contributed by atoms with Gasteiger partial charge in [0.1, 0.15) is 17.3 Å². The molecule has 1 aromatic heterocycles. The minimum atomic E-state index is -0.376. The Bertz CT molecular complexity index is 1050. The molecule has 0 aliphatic carbocycles. The van der Waals surface area contributed by atoms with E-state index in [9.17, 15) is 4.79 Å². The fraction of sp³-hybridized carbons (Fsp3) is 0.250. The summed E-state index contributed by atoms with van der Waals surface area (Å²) in [6, 6.07) is 5.34. The van der Waals surface area contributed by atoms with E-state index in [0.717, 1.165) is 0 Å².